The number of thiophene rings is 1. The number of carboxylic acids is 1. The fourth-order valence-corrected chi connectivity index (χ4v) is 3.75. The normalized spacial score (nSPS) is 12.7. The summed E-state index contributed by atoms with van der Waals surface area (Å²) < 4.78 is 0. The second-order valence-corrected chi connectivity index (χ2v) is 8.08. The third-order valence-corrected chi connectivity index (χ3v) is 4.65. The Bertz CT molecular complexity index is 413. The zero-order valence-corrected chi connectivity index (χ0v) is 13.8. The first kappa shape index (κ1) is 16.2. The zero-order chi connectivity index (χ0) is 14.8. The molecular formula is C16H26O2S. The van der Waals surface area contributed by atoms with E-state index in [0.717, 1.165) is 12.8 Å². The summed E-state index contributed by atoms with van der Waals surface area (Å²) in [5, 5.41) is 11.1. The largest absolute Gasteiger partial charge is 0.481 e. The monoisotopic (exact) mass is 282 g/mol. The van der Waals surface area contributed by atoms with Crippen LogP contribution in [0.1, 0.15) is 70.4 Å². The van der Waals surface area contributed by atoms with Gasteiger partial charge in [-0.1, -0.05) is 41.5 Å². The second-order valence-electron chi connectivity index (χ2n) is 7.20. The number of carbonyl (C=O) groups is 1. The summed E-state index contributed by atoms with van der Waals surface area (Å²) in [6, 6.07) is 0. The Morgan fingerprint density at radius 3 is 2.16 bits per heavy atom. The van der Waals surface area contributed by atoms with Gasteiger partial charge in [0.15, 0.2) is 0 Å². The highest BCUT2D eigenvalue weighted by Gasteiger charge is 2.27. The first-order valence-corrected chi connectivity index (χ1v) is 7.74. The molecule has 1 N–H and O–H groups in total. The Balaban J connectivity index is 3.08. The summed E-state index contributed by atoms with van der Waals surface area (Å²) in [6.45, 7) is 13.4. The molecule has 1 heterocycles. The van der Waals surface area contributed by atoms with Crippen LogP contribution in [0.25, 0.3) is 0 Å². The van der Waals surface area contributed by atoms with Crippen LogP contribution in [0.2, 0.25) is 0 Å². The van der Waals surface area contributed by atoms with Gasteiger partial charge in [-0.15, -0.1) is 11.3 Å². The number of carboxylic acid groups (broad SMARTS) is 1. The van der Waals surface area contributed by atoms with Gasteiger partial charge in [-0.2, -0.15) is 0 Å². The maximum Gasteiger partial charge on any atom is 0.303 e. The lowest BCUT2D eigenvalue weighted by Crippen LogP contribution is -2.17. The van der Waals surface area contributed by atoms with Gasteiger partial charge >= 0.3 is 5.97 Å². The van der Waals surface area contributed by atoms with Crippen molar-refractivity contribution in [2.45, 2.75) is 71.6 Å². The van der Waals surface area contributed by atoms with Crippen LogP contribution in [0.15, 0.2) is 5.38 Å². The van der Waals surface area contributed by atoms with E-state index >= 15 is 0 Å². The molecule has 1 aromatic heterocycles. The van der Waals surface area contributed by atoms with E-state index in [1.165, 1.54) is 16.0 Å². The molecule has 19 heavy (non-hydrogen) atoms. The lowest BCUT2D eigenvalue weighted by molar-refractivity contribution is -0.137. The van der Waals surface area contributed by atoms with Crippen molar-refractivity contribution in [3.05, 3.63) is 21.4 Å². The summed E-state index contributed by atoms with van der Waals surface area (Å²) in [4.78, 5) is 12.1. The van der Waals surface area contributed by atoms with Gasteiger partial charge in [-0.25, -0.2) is 0 Å². The van der Waals surface area contributed by atoms with Crippen molar-refractivity contribution in [3.8, 4) is 0 Å². The molecule has 0 bridgehead atoms. The lowest BCUT2D eigenvalue weighted by atomic mass is 9.81. The molecule has 1 aromatic rings. The summed E-state index contributed by atoms with van der Waals surface area (Å²) in [5.41, 5.74) is 3.02. The van der Waals surface area contributed by atoms with Crippen LogP contribution in [0, 0.1) is 0 Å². The van der Waals surface area contributed by atoms with Crippen LogP contribution < -0.4 is 0 Å². The number of hydrogen-bond acceptors (Lipinski definition) is 2. The molecule has 0 saturated heterocycles. The Hall–Kier alpha value is -0.830. The van der Waals surface area contributed by atoms with E-state index in [1.807, 2.05) is 11.3 Å². The average molecular weight is 282 g/mol. The summed E-state index contributed by atoms with van der Waals surface area (Å²) in [7, 11) is 0. The maximum atomic E-state index is 10.7. The number of aliphatic carboxylic acids is 1. The standard InChI is InChI=1S/C16H26O2S/c1-15(2,3)12-10-19-14(16(4,5)6)11(12)8-7-9-13(17)18/h10H,7-9H2,1-6H3,(H,17,18). The van der Waals surface area contributed by atoms with Gasteiger partial charge < -0.3 is 5.11 Å². The van der Waals surface area contributed by atoms with E-state index in [1.54, 1.807) is 0 Å². The van der Waals surface area contributed by atoms with Gasteiger partial charge in [0, 0.05) is 11.3 Å². The summed E-state index contributed by atoms with van der Waals surface area (Å²) in [6.07, 6.45) is 1.84. The van der Waals surface area contributed by atoms with Crippen molar-refractivity contribution < 1.29 is 9.90 Å². The summed E-state index contributed by atoms with van der Waals surface area (Å²) in [5.74, 6) is -0.704. The molecule has 0 aliphatic carbocycles. The molecular weight excluding hydrogens is 256 g/mol. The summed E-state index contributed by atoms with van der Waals surface area (Å²) >= 11 is 1.82. The third-order valence-electron chi connectivity index (χ3n) is 3.20. The van der Waals surface area contributed by atoms with Crippen LogP contribution in [0.3, 0.4) is 0 Å². The molecule has 0 atom stereocenters. The van der Waals surface area contributed by atoms with E-state index in [2.05, 4.69) is 46.9 Å². The quantitative estimate of drug-likeness (QED) is 0.865. The molecule has 2 nitrogen and oxygen atoms in total. The minimum absolute atomic E-state index is 0.124. The highest BCUT2D eigenvalue weighted by Crippen LogP contribution is 2.39. The molecule has 1 rings (SSSR count). The molecule has 108 valence electrons. The first-order chi connectivity index (χ1) is 8.53. The maximum absolute atomic E-state index is 10.7. The number of hydrogen-bond donors (Lipinski definition) is 1. The smallest absolute Gasteiger partial charge is 0.303 e. The molecule has 0 radical (unpaired) electrons. The number of rotatable bonds is 4. The predicted octanol–water partition coefficient (Wildman–Crippen LogP) is 4.75. The second kappa shape index (κ2) is 5.66. The highest BCUT2D eigenvalue weighted by atomic mass is 32.1. The molecule has 0 fully saturated rings. The minimum Gasteiger partial charge on any atom is -0.481 e. The predicted molar refractivity (Wildman–Crippen MR) is 82.3 cm³/mol. The lowest BCUT2D eigenvalue weighted by Gasteiger charge is -2.24. The van der Waals surface area contributed by atoms with Crippen molar-refractivity contribution in [2.75, 3.05) is 0 Å². The van der Waals surface area contributed by atoms with E-state index in [0.29, 0.717) is 0 Å². The third kappa shape index (κ3) is 4.34. The topological polar surface area (TPSA) is 37.3 Å². The zero-order valence-electron chi connectivity index (χ0n) is 13.0. The van der Waals surface area contributed by atoms with Gasteiger partial charge in [-0.05, 0) is 40.2 Å². The van der Waals surface area contributed by atoms with E-state index in [4.69, 9.17) is 5.11 Å². The van der Waals surface area contributed by atoms with Crippen molar-refractivity contribution in [2.24, 2.45) is 0 Å². The van der Waals surface area contributed by atoms with Crippen LogP contribution >= 0.6 is 11.3 Å². The van der Waals surface area contributed by atoms with Crippen LogP contribution in [-0.4, -0.2) is 11.1 Å². The van der Waals surface area contributed by atoms with Crippen molar-refractivity contribution in [1.29, 1.82) is 0 Å². The Morgan fingerprint density at radius 1 is 1.16 bits per heavy atom. The van der Waals surface area contributed by atoms with Gasteiger partial charge in [-0.3, -0.25) is 4.79 Å². The molecule has 0 saturated carbocycles. The highest BCUT2D eigenvalue weighted by molar-refractivity contribution is 7.10. The van der Waals surface area contributed by atoms with E-state index in [9.17, 15) is 4.79 Å². The van der Waals surface area contributed by atoms with Gasteiger partial charge in [0.05, 0.1) is 0 Å². The van der Waals surface area contributed by atoms with E-state index < -0.39 is 5.97 Å². The molecule has 0 amide bonds. The molecule has 0 aliphatic rings. The fourth-order valence-electron chi connectivity index (χ4n) is 2.31. The van der Waals surface area contributed by atoms with Gasteiger partial charge in [0.2, 0.25) is 0 Å². The van der Waals surface area contributed by atoms with Crippen molar-refractivity contribution >= 4 is 17.3 Å². The Morgan fingerprint density at radius 2 is 1.74 bits per heavy atom. The van der Waals surface area contributed by atoms with Crippen LogP contribution in [-0.2, 0) is 22.0 Å². The molecule has 0 spiro atoms. The molecule has 0 unspecified atom stereocenters. The van der Waals surface area contributed by atoms with Crippen LogP contribution in [0.5, 0.6) is 0 Å². The first-order valence-electron chi connectivity index (χ1n) is 6.86. The van der Waals surface area contributed by atoms with Crippen molar-refractivity contribution in [1.82, 2.24) is 0 Å². The van der Waals surface area contributed by atoms with Gasteiger partial charge in [0.1, 0.15) is 0 Å². The fraction of sp³-hybridized carbons (Fsp3) is 0.688. The minimum atomic E-state index is -0.704. The van der Waals surface area contributed by atoms with Gasteiger partial charge in [0.25, 0.3) is 0 Å². The Kier molecular flexibility index (Phi) is 4.83. The SMILES string of the molecule is CC(C)(C)c1csc(C(C)(C)C)c1CCCC(=O)O. The molecule has 0 aliphatic heterocycles. The molecule has 0 aromatic carbocycles. The van der Waals surface area contributed by atoms with Crippen molar-refractivity contribution in [3.63, 3.8) is 0 Å². The van der Waals surface area contributed by atoms with Crippen LogP contribution in [0.4, 0.5) is 0 Å². The Labute approximate surface area is 120 Å². The average Bonchev–Trinajstić information content (AvgIpc) is 2.59. The molecule has 3 heteroatoms. The van der Waals surface area contributed by atoms with E-state index in [-0.39, 0.29) is 17.3 Å².